The number of hydrogen-bond acceptors (Lipinski definition) is 0. The lowest BCUT2D eigenvalue weighted by Crippen LogP contribution is -2.03. The first kappa shape index (κ1) is 12.8. The third kappa shape index (κ3) is 4.48. The molecule has 2 unspecified atom stereocenters. The summed E-state index contributed by atoms with van der Waals surface area (Å²) in [6, 6.07) is 10.6. The third-order valence-corrected chi connectivity index (χ3v) is 3.07. The lowest BCUT2D eigenvalue weighted by molar-refractivity contribution is 0.465. The summed E-state index contributed by atoms with van der Waals surface area (Å²) in [5.41, 5.74) is 1.38. The lowest BCUT2D eigenvalue weighted by Gasteiger charge is -2.13. The Hall–Kier alpha value is -1.30. The third-order valence-electron chi connectivity index (χ3n) is 3.07. The van der Waals surface area contributed by atoms with Gasteiger partial charge in [-0.15, -0.1) is 6.58 Å². The zero-order valence-corrected chi connectivity index (χ0v) is 10.4. The fourth-order valence-corrected chi connectivity index (χ4v) is 1.70. The van der Waals surface area contributed by atoms with E-state index in [-0.39, 0.29) is 0 Å². The quantitative estimate of drug-likeness (QED) is 0.605. The molecule has 1 aromatic rings. The standard InChI is InChI=1S/C16H22/c1-4-9-14(2)15(3)10-8-13-16-11-6-5-7-12-16/h4-8,10-12,14-15H,1,9,13H2,2-3H3. The molecule has 1 rings (SSSR count). The highest BCUT2D eigenvalue weighted by Gasteiger charge is 2.06. The molecule has 0 spiro atoms. The van der Waals surface area contributed by atoms with Crippen LogP contribution in [0.5, 0.6) is 0 Å². The van der Waals surface area contributed by atoms with Crippen LogP contribution in [0.15, 0.2) is 55.1 Å². The van der Waals surface area contributed by atoms with Crippen molar-refractivity contribution in [2.24, 2.45) is 11.8 Å². The topological polar surface area (TPSA) is 0 Å². The molecule has 0 radical (unpaired) electrons. The van der Waals surface area contributed by atoms with Gasteiger partial charge >= 0.3 is 0 Å². The molecule has 0 saturated heterocycles. The Morgan fingerprint density at radius 1 is 1.19 bits per heavy atom. The first-order chi connectivity index (χ1) is 7.74. The average molecular weight is 214 g/mol. The summed E-state index contributed by atoms with van der Waals surface area (Å²) in [6.45, 7) is 8.34. The van der Waals surface area contributed by atoms with Crippen molar-refractivity contribution in [1.82, 2.24) is 0 Å². The van der Waals surface area contributed by atoms with Gasteiger partial charge in [0.2, 0.25) is 0 Å². The normalized spacial score (nSPS) is 14.9. The van der Waals surface area contributed by atoms with Crippen LogP contribution in [0.25, 0.3) is 0 Å². The van der Waals surface area contributed by atoms with Gasteiger partial charge in [-0.1, -0.05) is 62.4 Å². The minimum atomic E-state index is 0.627. The second-order valence-corrected chi connectivity index (χ2v) is 4.48. The second kappa shape index (κ2) is 7.05. The number of rotatable bonds is 6. The van der Waals surface area contributed by atoms with Gasteiger partial charge in [0, 0.05) is 0 Å². The molecular weight excluding hydrogens is 192 g/mol. The zero-order valence-electron chi connectivity index (χ0n) is 10.4. The molecule has 0 N–H and O–H groups in total. The van der Waals surface area contributed by atoms with E-state index < -0.39 is 0 Å². The van der Waals surface area contributed by atoms with Gasteiger partial charge in [0.25, 0.3) is 0 Å². The van der Waals surface area contributed by atoms with E-state index in [4.69, 9.17) is 0 Å². The molecule has 0 aliphatic heterocycles. The fourth-order valence-electron chi connectivity index (χ4n) is 1.70. The molecule has 0 aliphatic rings. The number of allylic oxidation sites excluding steroid dienone is 3. The Morgan fingerprint density at radius 2 is 1.88 bits per heavy atom. The molecule has 16 heavy (non-hydrogen) atoms. The van der Waals surface area contributed by atoms with Gasteiger partial charge in [-0.3, -0.25) is 0 Å². The molecule has 0 heteroatoms. The van der Waals surface area contributed by atoms with E-state index in [1.54, 1.807) is 0 Å². The van der Waals surface area contributed by atoms with Crippen molar-refractivity contribution >= 4 is 0 Å². The maximum atomic E-state index is 3.79. The van der Waals surface area contributed by atoms with Gasteiger partial charge in [0.15, 0.2) is 0 Å². The minimum absolute atomic E-state index is 0.627. The van der Waals surface area contributed by atoms with Crippen LogP contribution in [-0.2, 0) is 6.42 Å². The van der Waals surface area contributed by atoms with Gasteiger partial charge in [0.05, 0.1) is 0 Å². The van der Waals surface area contributed by atoms with E-state index in [2.05, 4.69) is 62.9 Å². The average Bonchev–Trinajstić information content (AvgIpc) is 2.30. The Balaban J connectivity index is 2.39. The van der Waals surface area contributed by atoms with Gasteiger partial charge in [-0.2, -0.15) is 0 Å². The molecule has 86 valence electrons. The predicted octanol–water partition coefficient (Wildman–Crippen LogP) is 4.63. The molecule has 0 nitrogen and oxygen atoms in total. The summed E-state index contributed by atoms with van der Waals surface area (Å²) >= 11 is 0. The van der Waals surface area contributed by atoms with Gasteiger partial charge in [-0.05, 0) is 30.2 Å². The van der Waals surface area contributed by atoms with Crippen LogP contribution in [0.4, 0.5) is 0 Å². The van der Waals surface area contributed by atoms with Crippen molar-refractivity contribution in [1.29, 1.82) is 0 Å². The molecular formula is C16H22. The largest absolute Gasteiger partial charge is 0.103 e. The molecule has 0 fully saturated rings. The lowest BCUT2D eigenvalue weighted by atomic mass is 9.92. The highest BCUT2D eigenvalue weighted by atomic mass is 14.1. The summed E-state index contributed by atoms with van der Waals surface area (Å²) in [4.78, 5) is 0. The Labute approximate surface area is 99.7 Å². The van der Waals surface area contributed by atoms with Crippen molar-refractivity contribution in [3.05, 3.63) is 60.7 Å². The maximum Gasteiger partial charge on any atom is -0.00974 e. The summed E-state index contributed by atoms with van der Waals surface area (Å²) in [5.74, 6) is 1.31. The number of benzene rings is 1. The zero-order chi connectivity index (χ0) is 11.8. The van der Waals surface area contributed by atoms with Gasteiger partial charge in [-0.25, -0.2) is 0 Å². The van der Waals surface area contributed by atoms with Crippen LogP contribution >= 0.6 is 0 Å². The smallest absolute Gasteiger partial charge is 0.00974 e. The van der Waals surface area contributed by atoms with Gasteiger partial charge < -0.3 is 0 Å². The van der Waals surface area contributed by atoms with Crippen LogP contribution in [0.1, 0.15) is 25.8 Å². The summed E-state index contributed by atoms with van der Waals surface area (Å²) in [7, 11) is 0. The van der Waals surface area contributed by atoms with Crippen molar-refractivity contribution < 1.29 is 0 Å². The van der Waals surface area contributed by atoms with E-state index in [9.17, 15) is 0 Å². The fraction of sp³-hybridized carbons (Fsp3) is 0.375. The molecule has 1 aromatic carbocycles. The van der Waals surface area contributed by atoms with Crippen LogP contribution in [0.3, 0.4) is 0 Å². The van der Waals surface area contributed by atoms with E-state index in [1.165, 1.54) is 5.56 Å². The first-order valence-corrected chi connectivity index (χ1v) is 6.05. The molecule has 0 amide bonds. The monoisotopic (exact) mass is 214 g/mol. The van der Waals surface area contributed by atoms with Crippen molar-refractivity contribution in [2.45, 2.75) is 26.7 Å². The molecule has 0 heterocycles. The van der Waals surface area contributed by atoms with Crippen LogP contribution in [0, 0.1) is 11.8 Å². The summed E-state index contributed by atoms with van der Waals surface area (Å²) in [6.07, 6.45) is 8.73. The van der Waals surface area contributed by atoms with Crippen LogP contribution < -0.4 is 0 Å². The molecule has 0 saturated carbocycles. The van der Waals surface area contributed by atoms with E-state index >= 15 is 0 Å². The summed E-state index contributed by atoms with van der Waals surface area (Å²) in [5, 5.41) is 0. The van der Waals surface area contributed by atoms with E-state index in [1.807, 2.05) is 6.08 Å². The molecule has 0 bridgehead atoms. The SMILES string of the molecule is C=CCC(C)C(C)C=CCc1ccccc1. The number of hydrogen-bond donors (Lipinski definition) is 0. The molecule has 0 aliphatic carbocycles. The van der Waals surface area contributed by atoms with Crippen LogP contribution in [-0.4, -0.2) is 0 Å². The van der Waals surface area contributed by atoms with Crippen LogP contribution in [0.2, 0.25) is 0 Å². The molecule has 0 aromatic heterocycles. The maximum absolute atomic E-state index is 3.79. The first-order valence-electron chi connectivity index (χ1n) is 6.05. The highest BCUT2D eigenvalue weighted by Crippen LogP contribution is 2.16. The van der Waals surface area contributed by atoms with Crippen molar-refractivity contribution in [3.8, 4) is 0 Å². The second-order valence-electron chi connectivity index (χ2n) is 4.48. The van der Waals surface area contributed by atoms with E-state index in [0.717, 1.165) is 12.8 Å². The van der Waals surface area contributed by atoms with Crippen molar-refractivity contribution in [2.75, 3.05) is 0 Å². The highest BCUT2D eigenvalue weighted by molar-refractivity contribution is 5.17. The predicted molar refractivity (Wildman–Crippen MR) is 72.4 cm³/mol. The Kier molecular flexibility index (Phi) is 5.63. The molecule has 2 atom stereocenters. The van der Waals surface area contributed by atoms with Crippen molar-refractivity contribution in [3.63, 3.8) is 0 Å². The Morgan fingerprint density at radius 3 is 2.50 bits per heavy atom. The van der Waals surface area contributed by atoms with Gasteiger partial charge in [0.1, 0.15) is 0 Å². The Bertz CT molecular complexity index is 321. The minimum Gasteiger partial charge on any atom is -0.103 e. The van der Waals surface area contributed by atoms with E-state index in [0.29, 0.717) is 11.8 Å². The summed E-state index contributed by atoms with van der Waals surface area (Å²) < 4.78 is 0.